The van der Waals surface area contributed by atoms with E-state index in [4.69, 9.17) is 19.2 Å². The first-order valence-corrected chi connectivity index (χ1v) is 11.4. The summed E-state index contributed by atoms with van der Waals surface area (Å²) in [7, 11) is 1.71. The van der Waals surface area contributed by atoms with Gasteiger partial charge < -0.3 is 24.4 Å². The molecule has 0 bridgehead atoms. The highest BCUT2D eigenvalue weighted by Gasteiger charge is 2.24. The van der Waals surface area contributed by atoms with E-state index >= 15 is 0 Å². The van der Waals surface area contributed by atoms with Gasteiger partial charge in [0.15, 0.2) is 5.96 Å². The minimum Gasteiger partial charge on any atom is -0.496 e. The van der Waals surface area contributed by atoms with Crippen LogP contribution in [0.5, 0.6) is 5.75 Å². The van der Waals surface area contributed by atoms with Crippen LogP contribution in [0.3, 0.4) is 0 Å². The summed E-state index contributed by atoms with van der Waals surface area (Å²) in [6.07, 6.45) is 8.09. The van der Waals surface area contributed by atoms with Crippen molar-refractivity contribution >= 4 is 5.96 Å². The van der Waals surface area contributed by atoms with Gasteiger partial charge in [0.05, 0.1) is 38.2 Å². The summed E-state index contributed by atoms with van der Waals surface area (Å²) in [6.45, 7) is 11.1. The molecule has 1 aromatic heterocycles. The molecule has 1 unspecified atom stereocenters. The Morgan fingerprint density at radius 3 is 2.73 bits per heavy atom. The normalized spacial score (nSPS) is 21.0. The highest BCUT2D eigenvalue weighted by molar-refractivity contribution is 5.80. The van der Waals surface area contributed by atoms with Crippen molar-refractivity contribution in [3.8, 4) is 5.75 Å². The summed E-state index contributed by atoms with van der Waals surface area (Å²) in [6, 6.07) is 0. The van der Waals surface area contributed by atoms with Crippen LogP contribution in [0.1, 0.15) is 55.8 Å². The fraction of sp³-hybridized carbons (Fsp3) is 0.739. The molecular formula is C23H38N4O3. The summed E-state index contributed by atoms with van der Waals surface area (Å²) >= 11 is 0. The van der Waals surface area contributed by atoms with Crippen molar-refractivity contribution in [3.05, 3.63) is 23.0 Å². The largest absolute Gasteiger partial charge is 0.496 e. The minimum atomic E-state index is 0.290. The van der Waals surface area contributed by atoms with Gasteiger partial charge in [-0.05, 0) is 52.9 Å². The maximum Gasteiger partial charge on any atom is 0.194 e. The molecule has 2 aliphatic heterocycles. The molecule has 0 aliphatic carbocycles. The van der Waals surface area contributed by atoms with E-state index in [-0.39, 0.29) is 6.10 Å². The number of guanidine groups is 1. The summed E-state index contributed by atoms with van der Waals surface area (Å²) in [4.78, 5) is 11.8. The maximum absolute atomic E-state index is 6.16. The summed E-state index contributed by atoms with van der Waals surface area (Å²) in [5.74, 6) is 1.85. The predicted molar refractivity (Wildman–Crippen MR) is 119 cm³/mol. The molecule has 2 saturated heterocycles. The molecule has 0 spiro atoms. The van der Waals surface area contributed by atoms with Crippen LogP contribution in [0.2, 0.25) is 0 Å². The molecule has 1 aromatic rings. The number of hydrogen-bond acceptors (Lipinski definition) is 5. The summed E-state index contributed by atoms with van der Waals surface area (Å²) < 4.78 is 17.5. The van der Waals surface area contributed by atoms with Crippen LogP contribution in [-0.4, -0.2) is 68.0 Å². The van der Waals surface area contributed by atoms with Crippen LogP contribution < -0.4 is 10.1 Å². The molecule has 1 N–H and O–H groups in total. The number of rotatable bonds is 7. The number of piperidine rings is 1. The summed E-state index contributed by atoms with van der Waals surface area (Å²) in [5, 5.41) is 3.44. The minimum absolute atomic E-state index is 0.290. The number of pyridine rings is 1. The van der Waals surface area contributed by atoms with Crippen LogP contribution in [0, 0.1) is 13.8 Å². The van der Waals surface area contributed by atoms with Gasteiger partial charge in [-0.2, -0.15) is 0 Å². The van der Waals surface area contributed by atoms with Gasteiger partial charge in [0, 0.05) is 43.6 Å². The SMILES string of the molecule is CCNC(=NCc1ncc(C)c(OC)c1C)N1CCC(OCC2CCCCO2)CC1. The molecule has 168 valence electrons. The van der Waals surface area contributed by atoms with Gasteiger partial charge in [-0.25, -0.2) is 4.99 Å². The lowest BCUT2D eigenvalue weighted by atomic mass is 10.1. The Kier molecular flexibility index (Phi) is 8.75. The second-order valence-electron chi connectivity index (χ2n) is 8.22. The number of hydrogen-bond donors (Lipinski definition) is 1. The van der Waals surface area contributed by atoms with Crippen LogP contribution in [-0.2, 0) is 16.0 Å². The number of nitrogens with zero attached hydrogens (tertiary/aromatic N) is 3. The number of aryl methyl sites for hydroxylation is 1. The first-order chi connectivity index (χ1) is 14.6. The second kappa shape index (κ2) is 11.5. The fourth-order valence-electron chi connectivity index (χ4n) is 4.22. The zero-order chi connectivity index (χ0) is 21.3. The highest BCUT2D eigenvalue weighted by atomic mass is 16.5. The van der Waals surface area contributed by atoms with Crippen molar-refractivity contribution in [1.82, 2.24) is 15.2 Å². The number of ether oxygens (including phenoxy) is 3. The van der Waals surface area contributed by atoms with Crippen LogP contribution >= 0.6 is 0 Å². The maximum atomic E-state index is 6.16. The smallest absolute Gasteiger partial charge is 0.194 e. The Bertz CT molecular complexity index is 696. The molecule has 3 rings (SSSR count). The Morgan fingerprint density at radius 1 is 1.27 bits per heavy atom. The first-order valence-electron chi connectivity index (χ1n) is 11.4. The van der Waals surface area contributed by atoms with Gasteiger partial charge in [0.2, 0.25) is 0 Å². The molecule has 0 aromatic carbocycles. The zero-order valence-corrected chi connectivity index (χ0v) is 19.1. The number of nitrogens with one attached hydrogen (secondary N) is 1. The average molecular weight is 419 g/mol. The van der Waals surface area contributed by atoms with Gasteiger partial charge in [-0.15, -0.1) is 0 Å². The molecule has 7 heteroatoms. The second-order valence-corrected chi connectivity index (χ2v) is 8.22. The standard InChI is InChI=1S/C23H38N4O3/c1-5-24-23(26-15-21-18(3)22(28-4)17(2)14-25-21)27-11-9-19(10-12-27)30-16-20-8-6-7-13-29-20/h14,19-20H,5-13,15-16H2,1-4H3,(H,24,26). The van der Waals surface area contributed by atoms with E-state index in [2.05, 4.69) is 29.0 Å². The van der Waals surface area contributed by atoms with Crippen molar-refractivity contribution in [2.75, 3.05) is 40.0 Å². The molecular weight excluding hydrogens is 380 g/mol. The highest BCUT2D eigenvalue weighted by Crippen LogP contribution is 2.24. The van der Waals surface area contributed by atoms with Gasteiger partial charge in [0.25, 0.3) is 0 Å². The van der Waals surface area contributed by atoms with Gasteiger partial charge in [-0.3, -0.25) is 4.98 Å². The third-order valence-corrected chi connectivity index (χ3v) is 6.00. The zero-order valence-electron chi connectivity index (χ0n) is 19.1. The topological polar surface area (TPSA) is 68.2 Å². The number of aliphatic imine (C=N–C) groups is 1. The van der Waals surface area contributed by atoms with Gasteiger partial charge in [-0.1, -0.05) is 0 Å². The van der Waals surface area contributed by atoms with Gasteiger partial charge in [0.1, 0.15) is 5.75 Å². The lowest BCUT2D eigenvalue weighted by Crippen LogP contribution is -2.47. The molecule has 30 heavy (non-hydrogen) atoms. The summed E-state index contributed by atoms with van der Waals surface area (Å²) in [5.41, 5.74) is 3.07. The number of likely N-dealkylation sites (tertiary alicyclic amines) is 1. The van der Waals surface area contributed by atoms with Crippen molar-refractivity contribution in [3.63, 3.8) is 0 Å². The molecule has 2 aliphatic rings. The van der Waals surface area contributed by atoms with Crippen molar-refractivity contribution in [2.45, 2.75) is 71.6 Å². The van der Waals surface area contributed by atoms with Crippen LogP contribution in [0.15, 0.2) is 11.2 Å². The van der Waals surface area contributed by atoms with E-state index in [0.29, 0.717) is 12.6 Å². The van der Waals surface area contributed by atoms with Crippen molar-refractivity contribution < 1.29 is 14.2 Å². The number of methoxy groups -OCH3 is 1. The fourth-order valence-corrected chi connectivity index (χ4v) is 4.22. The van der Waals surface area contributed by atoms with E-state index in [9.17, 15) is 0 Å². The molecule has 2 fully saturated rings. The molecule has 1 atom stereocenters. The van der Waals surface area contributed by atoms with E-state index in [0.717, 1.165) is 80.6 Å². The lowest BCUT2D eigenvalue weighted by Gasteiger charge is -2.35. The third-order valence-electron chi connectivity index (χ3n) is 6.00. The Balaban J connectivity index is 1.54. The van der Waals surface area contributed by atoms with E-state index in [1.807, 2.05) is 13.1 Å². The van der Waals surface area contributed by atoms with E-state index in [1.165, 1.54) is 12.8 Å². The molecule has 0 radical (unpaired) electrons. The predicted octanol–water partition coefficient (Wildman–Crippen LogP) is 3.22. The monoisotopic (exact) mass is 418 g/mol. The first kappa shape index (κ1) is 22.8. The Hall–Kier alpha value is -1.86. The molecule has 7 nitrogen and oxygen atoms in total. The Morgan fingerprint density at radius 2 is 2.07 bits per heavy atom. The molecule has 0 amide bonds. The third kappa shape index (κ3) is 6.08. The van der Waals surface area contributed by atoms with Crippen molar-refractivity contribution in [2.24, 2.45) is 4.99 Å². The van der Waals surface area contributed by atoms with E-state index < -0.39 is 0 Å². The lowest BCUT2D eigenvalue weighted by molar-refractivity contribution is -0.0721. The number of aromatic nitrogens is 1. The van der Waals surface area contributed by atoms with E-state index in [1.54, 1.807) is 7.11 Å². The van der Waals surface area contributed by atoms with Crippen molar-refractivity contribution in [1.29, 1.82) is 0 Å². The van der Waals surface area contributed by atoms with Crippen LogP contribution in [0.4, 0.5) is 0 Å². The quantitative estimate of drug-likeness (QED) is 0.542. The van der Waals surface area contributed by atoms with Crippen LogP contribution in [0.25, 0.3) is 0 Å². The molecule has 3 heterocycles. The van der Waals surface area contributed by atoms with Gasteiger partial charge >= 0.3 is 0 Å². The Labute approximate surface area is 181 Å². The average Bonchev–Trinajstić information content (AvgIpc) is 2.78. The molecule has 0 saturated carbocycles.